The standard InChI is InChI=1S/C14H14N2O2/c1-2-3-8-14(15-16-14)9-10-18-13-6-4-12(11-17)5-7-13/h1,4-7,11H,3,8-10H2. The highest BCUT2D eigenvalue weighted by atomic mass is 16.5. The van der Waals surface area contributed by atoms with Crippen LogP contribution in [0.3, 0.4) is 0 Å². The molecule has 1 heterocycles. The summed E-state index contributed by atoms with van der Waals surface area (Å²) in [6.07, 6.45) is 8.23. The fourth-order valence-electron chi connectivity index (χ4n) is 1.64. The molecule has 0 radical (unpaired) electrons. The summed E-state index contributed by atoms with van der Waals surface area (Å²) < 4.78 is 5.57. The van der Waals surface area contributed by atoms with Crippen molar-refractivity contribution in [3.05, 3.63) is 29.8 Å². The zero-order valence-corrected chi connectivity index (χ0v) is 10.0. The Balaban J connectivity index is 1.75. The van der Waals surface area contributed by atoms with Crippen LogP contribution in [0.15, 0.2) is 34.5 Å². The van der Waals surface area contributed by atoms with Gasteiger partial charge < -0.3 is 4.74 Å². The largest absolute Gasteiger partial charge is 0.493 e. The zero-order valence-electron chi connectivity index (χ0n) is 10.0. The minimum Gasteiger partial charge on any atom is -0.493 e. The molecular weight excluding hydrogens is 228 g/mol. The second-order valence-electron chi connectivity index (χ2n) is 4.17. The molecule has 0 aliphatic carbocycles. The van der Waals surface area contributed by atoms with Gasteiger partial charge in [0.25, 0.3) is 0 Å². The maximum absolute atomic E-state index is 10.5. The number of hydrogen-bond donors (Lipinski definition) is 0. The molecule has 0 atom stereocenters. The Morgan fingerprint density at radius 1 is 1.28 bits per heavy atom. The molecule has 0 aromatic heterocycles. The fourth-order valence-corrected chi connectivity index (χ4v) is 1.64. The molecule has 0 bridgehead atoms. The van der Waals surface area contributed by atoms with E-state index < -0.39 is 0 Å². The summed E-state index contributed by atoms with van der Waals surface area (Å²) in [4.78, 5) is 10.5. The van der Waals surface area contributed by atoms with Gasteiger partial charge in [0.2, 0.25) is 0 Å². The van der Waals surface area contributed by atoms with Gasteiger partial charge in [-0.3, -0.25) is 4.79 Å². The monoisotopic (exact) mass is 242 g/mol. The lowest BCUT2D eigenvalue weighted by Gasteiger charge is -2.10. The Bertz CT molecular complexity index is 480. The summed E-state index contributed by atoms with van der Waals surface area (Å²) in [6, 6.07) is 7.00. The van der Waals surface area contributed by atoms with E-state index >= 15 is 0 Å². The number of benzene rings is 1. The molecular formula is C14H14N2O2. The molecule has 92 valence electrons. The van der Waals surface area contributed by atoms with Gasteiger partial charge in [-0.1, -0.05) is 0 Å². The topological polar surface area (TPSA) is 51.0 Å². The van der Waals surface area contributed by atoms with E-state index in [2.05, 4.69) is 16.1 Å². The predicted molar refractivity (Wildman–Crippen MR) is 67.6 cm³/mol. The minimum absolute atomic E-state index is 0.297. The minimum atomic E-state index is -0.297. The van der Waals surface area contributed by atoms with Gasteiger partial charge in [-0.05, 0) is 24.3 Å². The number of nitrogens with zero attached hydrogens (tertiary/aromatic N) is 2. The molecule has 0 amide bonds. The van der Waals surface area contributed by atoms with Crippen LogP contribution in [0.2, 0.25) is 0 Å². The zero-order chi connectivity index (χ0) is 12.8. The normalized spacial score (nSPS) is 14.8. The van der Waals surface area contributed by atoms with Gasteiger partial charge in [0.15, 0.2) is 5.66 Å². The maximum atomic E-state index is 10.5. The lowest BCUT2D eigenvalue weighted by Crippen LogP contribution is -2.15. The molecule has 2 rings (SSSR count). The summed E-state index contributed by atoms with van der Waals surface area (Å²) in [5.74, 6) is 3.33. The number of carbonyl (C=O) groups is 1. The van der Waals surface area contributed by atoms with E-state index in [1.807, 2.05) is 0 Å². The van der Waals surface area contributed by atoms with E-state index in [9.17, 15) is 4.79 Å². The highest BCUT2D eigenvalue weighted by molar-refractivity contribution is 5.74. The number of aldehydes is 1. The van der Waals surface area contributed by atoms with Gasteiger partial charge in [-0.25, -0.2) is 0 Å². The smallest absolute Gasteiger partial charge is 0.195 e. The third-order valence-corrected chi connectivity index (χ3v) is 2.84. The van der Waals surface area contributed by atoms with Gasteiger partial charge in [-0.2, -0.15) is 10.2 Å². The van der Waals surface area contributed by atoms with E-state index in [1.54, 1.807) is 24.3 Å². The molecule has 0 saturated carbocycles. The summed E-state index contributed by atoms with van der Waals surface area (Å²) in [5.41, 5.74) is 0.342. The van der Waals surface area contributed by atoms with Crippen LogP contribution in [0.25, 0.3) is 0 Å². The van der Waals surface area contributed by atoms with E-state index in [1.165, 1.54) is 0 Å². The molecule has 1 aromatic carbocycles. The third kappa shape index (κ3) is 3.17. The lowest BCUT2D eigenvalue weighted by molar-refractivity contribution is 0.112. The van der Waals surface area contributed by atoms with E-state index in [0.29, 0.717) is 18.6 Å². The van der Waals surface area contributed by atoms with Crippen molar-refractivity contribution in [1.82, 2.24) is 0 Å². The molecule has 1 aliphatic rings. The van der Waals surface area contributed by atoms with Crippen LogP contribution in [0.4, 0.5) is 0 Å². The van der Waals surface area contributed by atoms with Crippen molar-refractivity contribution in [2.75, 3.05) is 6.61 Å². The number of carbonyl (C=O) groups excluding carboxylic acids is 1. The molecule has 0 saturated heterocycles. The summed E-state index contributed by atoms with van der Waals surface area (Å²) in [6.45, 7) is 0.540. The molecule has 4 heteroatoms. The van der Waals surface area contributed by atoms with Crippen LogP contribution >= 0.6 is 0 Å². The maximum Gasteiger partial charge on any atom is 0.195 e. The number of hydrogen-bond acceptors (Lipinski definition) is 4. The first-order valence-electron chi connectivity index (χ1n) is 5.84. The number of terminal acetylenes is 1. The van der Waals surface area contributed by atoms with Crippen molar-refractivity contribution < 1.29 is 9.53 Å². The van der Waals surface area contributed by atoms with Crippen LogP contribution in [0, 0.1) is 12.3 Å². The Morgan fingerprint density at radius 2 is 2.00 bits per heavy atom. The molecule has 0 N–H and O–H groups in total. The van der Waals surface area contributed by atoms with Crippen molar-refractivity contribution in [2.24, 2.45) is 10.2 Å². The Hall–Kier alpha value is -2.15. The predicted octanol–water partition coefficient (Wildman–Crippen LogP) is 2.84. The second kappa shape index (κ2) is 5.46. The summed E-state index contributed by atoms with van der Waals surface area (Å²) in [5, 5.41) is 8.07. The van der Waals surface area contributed by atoms with Crippen LogP contribution in [0.1, 0.15) is 29.6 Å². The summed E-state index contributed by atoms with van der Waals surface area (Å²) >= 11 is 0. The Labute approximate surface area is 106 Å². The van der Waals surface area contributed by atoms with E-state index in [4.69, 9.17) is 11.2 Å². The molecule has 18 heavy (non-hydrogen) atoms. The lowest BCUT2D eigenvalue weighted by atomic mass is 10.1. The highest BCUT2D eigenvalue weighted by Crippen LogP contribution is 2.36. The van der Waals surface area contributed by atoms with Crippen molar-refractivity contribution in [3.8, 4) is 18.1 Å². The quantitative estimate of drug-likeness (QED) is 0.545. The van der Waals surface area contributed by atoms with E-state index in [0.717, 1.165) is 24.9 Å². The molecule has 0 fully saturated rings. The van der Waals surface area contributed by atoms with Crippen LogP contribution in [0.5, 0.6) is 5.75 Å². The van der Waals surface area contributed by atoms with Gasteiger partial charge >= 0.3 is 0 Å². The first kappa shape index (κ1) is 12.3. The third-order valence-electron chi connectivity index (χ3n) is 2.84. The van der Waals surface area contributed by atoms with Crippen molar-refractivity contribution in [2.45, 2.75) is 24.9 Å². The van der Waals surface area contributed by atoms with Crippen molar-refractivity contribution in [1.29, 1.82) is 0 Å². The average Bonchev–Trinajstić information content (AvgIpc) is 3.18. The van der Waals surface area contributed by atoms with Gasteiger partial charge in [0, 0.05) is 24.8 Å². The SMILES string of the molecule is C#CCCC1(CCOc2ccc(C=O)cc2)N=N1. The van der Waals surface area contributed by atoms with Gasteiger partial charge in [-0.15, -0.1) is 12.3 Å². The van der Waals surface area contributed by atoms with Gasteiger partial charge in [0.05, 0.1) is 6.61 Å². The van der Waals surface area contributed by atoms with Crippen LogP contribution < -0.4 is 4.74 Å². The van der Waals surface area contributed by atoms with Gasteiger partial charge in [0.1, 0.15) is 12.0 Å². The second-order valence-corrected chi connectivity index (χ2v) is 4.17. The Kier molecular flexibility index (Phi) is 3.73. The number of ether oxygens (including phenoxy) is 1. The first-order chi connectivity index (χ1) is 8.78. The first-order valence-corrected chi connectivity index (χ1v) is 5.84. The van der Waals surface area contributed by atoms with E-state index in [-0.39, 0.29) is 5.66 Å². The van der Waals surface area contributed by atoms with Crippen LogP contribution in [-0.2, 0) is 0 Å². The molecule has 1 aliphatic heterocycles. The van der Waals surface area contributed by atoms with Crippen molar-refractivity contribution in [3.63, 3.8) is 0 Å². The molecule has 1 aromatic rings. The molecule has 4 nitrogen and oxygen atoms in total. The average molecular weight is 242 g/mol. The Morgan fingerprint density at radius 3 is 2.56 bits per heavy atom. The fraction of sp³-hybridized carbons (Fsp3) is 0.357. The molecule has 0 spiro atoms. The summed E-state index contributed by atoms with van der Waals surface area (Å²) in [7, 11) is 0. The van der Waals surface area contributed by atoms with Crippen LogP contribution in [-0.4, -0.2) is 18.6 Å². The van der Waals surface area contributed by atoms with Crippen molar-refractivity contribution >= 4 is 6.29 Å². The number of rotatable bonds is 7. The highest BCUT2D eigenvalue weighted by Gasteiger charge is 2.38. The molecule has 0 unspecified atom stereocenters.